The van der Waals surface area contributed by atoms with Gasteiger partial charge in [0, 0.05) is 17.5 Å². The van der Waals surface area contributed by atoms with Crippen LogP contribution in [0.4, 0.5) is 10.4 Å². The molecule has 2 aromatic carbocycles. The van der Waals surface area contributed by atoms with Crippen LogP contribution in [0.5, 0.6) is 5.75 Å². The van der Waals surface area contributed by atoms with Gasteiger partial charge >= 0.3 is 6.01 Å². The number of halogens is 1. The molecule has 0 spiro atoms. The highest BCUT2D eigenvalue weighted by Crippen LogP contribution is 2.41. The van der Waals surface area contributed by atoms with Crippen molar-refractivity contribution in [2.75, 3.05) is 5.73 Å². The van der Waals surface area contributed by atoms with Gasteiger partial charge in [0.15, 0.2) is 0 Å². The van der Waals surface area contributed by atoms with E-state index in [0.717, 1.165) is 12.2 Å². The fraction of sp³-hybridized carbons (Fsp3) is 0.263. The summed E-state index contributed by atoms with van der Waals surface area (Å²) in [5.74, 6) is 1.42. The second kappa shape index (κ2) is 7.13. The highest BCUT2D eigenvalue weighted by atomic mass is 19.1. The summed E-state index contributed by atoms with van der Waals surface area (Å²) in [5, 5.41) is 10.8. The topological polar surface area (TPSA) is 86.2 Å². The van der Waals surface area contributed by atoms with E-state index >= 15 is 0 Å². The quantitative estimate of drug-likeness (QED) is 0.678. The van der Waals surface area contributed by atoms with E-state index < -0.39 is 0 Å². The smallest absolute Gasteiger partial charge is 0.312 e. The molecule has 6 nitrogen and oxygen atoms in total. The van der Waals surface area contributed by atoms with Crippen LogP contribution in [0.3, 0.4) is 0 Å². The van der Waals surface area contributed by atoms with E-state index in [1.807, 2.05) is 24.3 Å². The van der Waals surface area contributed by atoms with Gasteiger partial charge in [-0.05, 0) is 30.2 Å². The number of benzene rings is 2. The van der Waals surface area contributed by atoms with Crippen LogP contribution < -0.4 is 15.8 Å². The Bertz CT molecular complexity index is 881. The minimum Gasteiger partial charge on any atom is -0.489 e. The second-order valence-electron chi connectivity index (χ2n) is 6.31. The maximum atomic E-state index is 13.6. The van der Waals surface area contributed by atoms with Gasteiger partial charge in [-0.1, -0.05) is 35.4 Å². The first-order valence-corrected chi connectivity index (χ1v) is 8.46. The predicted octanol–water partition coefficient (Wildman–Crippen LogP) is 3.02. The number of anilines is 1. The standard InChI is InChI=1S/C19H19FN4O2/c20-16-4-2-1-3-13(16)11-25-14-7-5-12(6-8-14)15-9-17(15)22-10-18-23-24-19(21)26-18/h1-8,15,17,22H,9-11H2,(H2,21,24)/t15-,17+/m0/s1. The Balaban J connectivity index is 1.27. The van der Waals surface area contributed by atoms with E-state index in [2.05, 4.69) is 15.5 Å². The number of nitrogens with two attached hydrogens (primary N) is 1. The van der Waals surface area contributed by atoms with E-state index in [1.165, 1.54) is 11.6 Å². The molecule has 1 aliphatic carbocycles. The third kappa shape index (κ3) is 3.83. The molecule has 0 bridgehead atoms. The molecule has 3 aromatic rings. The number of rotatable bonds is 7. The first-order chi connectivity index (χ1) is 12.7. The molecule has 1 aliphatic rings. The van der Waals surface area contributed by atoms with Crippen molar-refractivity contribution < 1.29 is 13.5 Å². The molecule has 0 saturated heterocycles. The van der Waals surface area contributed by atoms with Crippen molar-refractivity contribution in [3.8, 4) is 5.75 Å². The van der Waals surface area contributed by atoms with Gasteiger partial charge in [0.25, 0.3) is 0 Å². The molecule has 0 radical (unpaired) electrons. The van der Waals surface area contributed by atoms with E-state index in [-0.39, 0.29) is 18.4 Å². The molecule has 4 rings (SSSR count). The molecular weight excluding hydrogens is 335 g/mol. The molecular formula is C19H19FN4O2. The number of nitrogen functional groups attached to an aromatic ring is 1. The Kier molecular flexibility index (Phi) is 4.53. The van der Waals surface area contributed by atoms with Crippen LogP contribution in [0.25, 0.3) is 0 Å². The highest BCUT2D eigenvalue weighted by molar-refractivity contribution is 5.34. The van der Waals surface area contributed by atoms with E-state index in [9.17, 15) is 4.39 Å². The lowest BCUT2D eigenvalue weighted by Gasteiger charge is -2.08. The summed E-state index contributed by atoms with van der Waals surface area (Å²) in [6.45, 7) is 0.724. The molecule has 0 aliphatic heterocycles. The van der Waals surface area contributed by atoms with Gasteiger partial charge in [-0.25, -0.2) is 4.39 Å². The average molecular weight is 354 g/mol. The number of nitrogens with one attached hydrogen (secondary N) is 1. The average Bonchev–Trinajstić information content (AvgIpc) is 3.32. The third-order valence-electron chi connectivity index (χ3n) is 4.45. The highest BCUT2D eigenvalue weighted by Gasteiger charge is 2.38. The summed E-state index contributed by atoms with van der Waals surface area (Å²) in [6, 6.07) is 15.0. The Hall–Kier alpha value is -2.93. The molecule has 1 saturated carbocycles. The van der Waals surface area contributed by atoms with Crippen LogP contribution in [-0.4, -0.2) is 16.2 Å². The van der Waals surface area contributed by atoms with Crippen LogP contribution >= 0.6 is 0 Å². The minimum absolute atomic E-state index is 0.0834. The first kappa shape index (κ1) is 16.5. The fourth-order valence-corrected chi connectivity index (χ4v) is 2.93. The van der Waals surface area contributed by atoms with Gasteiger partial charge in [0.05, 0.1) is 6.54 Å². The Morgan fingerprint density at radius 3 is 2.69 bits per heavy atom. The molecule has 0 amide bonds. The minimum atomic E-state index is -0.251. The SMILES string of the molecule is Nc1nnc(CN[C@@H]2C[C@H]2c2ccc(OCc3ccccc3F)cc2)o1. The molecule has 26 heavy (non-hydrogen) atoms. The van der Waals surface area contributed by atoms with Crippen molar-refractivity contribution in [1.82, 2.24) is 15.5 Å². The van der Waals surface area contributed by atoms with Crippen LogP contribution in [-0.2, 0) is 13.2 Å². The van der Waals surface area contributed by atoms with Crippen LogP contribution in [0.2, 0.25) is 0 Å². The molecule has 134 valence electrons. The maximum absolute atomic E-state index is 13.6. The fourth-order valence-electron chi connectivity index (χ4n) is 2.93. The van der Waals surface area contributed by atoms with Crippen LogP contribution in [0, 0.1) is 5.82 Å². The van der Waals surface area contributed by atoms with Gasteiger partial charge in [-0.3, -0.25) is 0 Å². The van der Waals surface area contributed by atoms with E-state index in [0.29, 0.717) is 30.0 Å². The summed E-state index contributed by atoms with van der Waals surface area (Å²) in [4.78, 5) is 0. The van der Waals surface area contributed by atoms with Crippen molar-refractivity contribution in [1.29, 1.82) is 0 Å². The largest absolute Gasteiger partial charge is 0.489 e. The predicted molar refractivity (Wildman–Crippen MR) is 93.9 cm³/mol. The Morgan fingerprint density at radius 1 is 1.15 bits per heavy atom. The number of ether oxygens (including phenoxy) is 1. The number of hydrogen-bond acceptors (Lipinski definition) is 6. The lowest BCUT2D eigenvalue weighted by molar-refractivity contribution is 0.300. The maximum Gasteiger partial charge on any atom is 0.312 e. The van der Waals surface area contributed by atoms with Crippen LogP contribution in [0.15, 0.2) is 52.9 Å². The Morgan fingerprint density at radius 2 is 1.96 bits per heavy atom. The van der Waals surface area contributed by atoms with Crippen molar-refractivity contribution in [2.24, 2.45) is 0 Å². The van der Waals surface area contributed by atoms with Crippen molar-refractivity contribution in [3.63, 3.8) is 0 Å². The molecule has 2 atom stereocenters. The van der Waals surface area contributed by atoms with Gasteiger partial charge in [0.1, 0.15) is 18.2 Å². The molecule has 0 unspecified atom stereocenters. The lowest BCUT2D eigenvalue weighted by atomic mass is 10.1. The molecule has 3 N–H and O–H groups in total. The molecule has 7 heteroatoms. The normalized spacial score (nSPS) is 18.7. The number of aromatic nitrogens is 2. The summed E-state index contributed by atoms with van der Waals surface area (Å²) in [7, 11) is 0. The van der Waals surface area contributed by atoms with Crippen LogP contribution in [0.1, 0.15) is 29.4 Å². The monoisotopic (exact) mass is 354 g/mol. The number of nitrogens with zero attached hydrogens (tertiary/aromatic N) is 2. The zero-order valence-corrected chi connectivity index (χ0v) is 14.1. The third-order valence-corrected chi connectivity index (χ3v) is 4.45. The van der Waals surface area contributed by atoms with Gasteiger partial charge in [0.2, 0.25) is 5.89 Å². The van der Waals surface area contributed by atoms with Gasteiger partial charge in [-0.15, -0.1) is 5.10 Å². The summed E-state index contributed by atoms with van der Waals surface area (Å²) in [6.07, 6.45) is 1.05. The van der Waals surface area contributed by atoms with E-state index in [4.69, 9.17) is 14.9 Å². The van der Waals surface area contributed by atoms with E-state index in [1.54, 1.807) is 18.2 Å². The molecule has 1 fully saturated rings. The first-order valence-electron chi connectivity index (χ1n) is 8.46. The second-order valence-corrected chi connectivity index (χ2v) is 6.31. The molecule has 1 heterocycles. The summed E-state index contributed by atoms with van der Waals surface area (Å²) < 4.78 is 24.4. The number of hydrogen-bond donors (Lipinski definition) is 2. The zero-order chi connectivity index (χ0) is 17.9. The van der Waals surface area contributed by atoms with Crippen molar-refractivity contribution in [3.05, 3.63) is 71.4 Å². The lowest BCUT2D eigenvalue weighted by Crippen LogP contribution is -2.17. The summed E-state index contributed by atoms with van der Waals surface area (Å²) >= 11 is 0. The van der Waals surface area contributed by atoms with Crippen molar-refractivity contribution >= 4 is 6.01 Å². The molecule has 1 aromatic heterocycles. The van der Waals surface area contributed by atoms with Gasteiger partial charge < -0.3 is 20.2 Å². The summed E-state index contributed by atoms with van der Waals surface area (Å²) in [5.41, 5.74) is 7.19. The zero-order valence-electron chi connectivity index (χ0n) is 14.1. The van der Waals surface area contributed by atoms with Crippen molar-refractivity contribution in [2.45, 2.75) is 31.5 Å². The Labute approximate surface area is 150 Å². The van der Waals surface area contributed by atoms with Gasteiger partial charge in [-0.2, -0.15) is 0 Å².